The third-order valence-corrected chi connectivity index (χ3v) is 5.96. The van der Waals surface area contributed by atoms with Crippen molar-refractivity contribution in [2.45, 2.75) is 19.5 Å². The van der Waals surface area contributed by atoms with Gasteiger partial charge in [-0.2, -0.15) is 4.98 Å². The molecule has 1 aliphatic rings. The van der Waals surface area contributed by atoms with Gasteiger partial charge in [0.15, 0.2) is 0 Å². The van der Waals surface area contributed by atoms with Crippen LogP contribution in [0.25, 0.3) is 17.0 Å². The lowest BCUT2D eigenvalue weighted by Gasteiger charge is -2.35. The second-order valence-electron chi connectivity index (χ2n) is 7.94. The molecule has 1 aromatic heterocycles. The highest BCUT2D eigenvalue weighted by atomic mass is 35.5. The second kappa shape index (κ2) is 9.11. The van der Waals surface area contributed by atoms with E-state index in [4.69, 9.17) is 16.1 Å². The molecule has 0 saturated heterocycles. The zero-order chi connectivity index (χ0) is 23.7. The van der Waals surface area contributed by atoms with Gasteiger partial charge in [0.25, 0.3) is 5.89 Å². The van der Waals surface area contributed by atoms with Gasteiger partial charge >= 0.3 is 6.03 Å². The van der Waals surface area contributed by atoms with Crippen molar-refractivity contribution in [3.05, 3.63) is 112 Å². The topological polar surface area (TPSA) is 71.3 Å². The third kappa shape index (κ3) is 4.30. The summed E-state index contributed by atoms with van der Waals surface area (Å²) < 4.78 is 19.1. The predicted molar refractivity (Wildman–Crippen MR) is 127 cm³/mol. The highest BCUT2D eigenvalue weighted by Gasteiger charge is 2.35. The van der Waals surface area contributed by atoms with E-state index in [2.05, 4.69) is 15.5 Å². The summed E-state index contributed by atoms with van der Waals surface area (Å²) in [7, 11) is 0. The van der Waals surface area contributed by atoms with Crippen molar-refractivity contribution in [3.8, 4) is 11.4 Å². The van der Waals surface area contributed by atoms with Crippen LogP contribution >= 0.6 is 11.6 Å². The monoisotopic (exact) mass is 474 g/mol. The van der Waals surface area contributed by atoms with E-state index in [1.54, 1.807) is 29.2 Å². The maximum atomic E-state index is 13.4. The number of carbonyl (C=O) groups is 1. The van der Waals surface area contributed by atoms with Gasteiger partial charge in [0, 0.05) is 16.3 Å². The molecule has 0 radical (unpaired) electrons. The maximum absolute atomic E-state index is 13.4. The quantitative estimate of drug-likeness (QED) is 0.372. The van der Waals surface area contributed by atoms with E-state index in [1.807, 2.05) is 49.4 Å². The van der Waals surface area contributed by atoms with Gasteiger partial charge in [0.2, 0.25) is 5.82 Å². The van der Waals surface area contributed by atoms with Crippen LogP contribution in [0.1, 0.15) is 30.0 Å². The van der Waals surface area contributed by atoms with E-state index >= 15 is 0 Å². The van der Waals surface area contributed by atoms with Gasteiger partial charge in [-0.1, -0.05) is 71.4 Å². The minimum absolute atomic E-state index is 0.262. The largest absolute Gasteiger partial charge is 0.334 e. The van der Waals surface area contributed by atoms with Crippen LogP contribution in [-0.2, 0) is 6.54 Å². The molecular formula is C26H20ClFN4O2. The van der Waals surface area contributed by atoms with Gasteiger partial charge in [-0.15, -0.1) is 0 Å². The van der Waals surface area contributed by atoms with E-state index in [0.29, 0.717) is 28.0 Å². The molecule has 0 fully saturated rings. The molecule has 1 N–H and O–H groups in total. The summed E-state index contributed by atoms with van der Waals surface area (Å²) in [4.78, 5) is 19.3. The van der Waals surface area contributed by atoms with Crippen LogP contribution in [-0.4, -0.2) is 21.1 Å². The molecule has 2 heterocycles. The number of carbonyl (C=O) groups excluding carboxylic acids is 1. The highest BCUT2D eigenvalue weighted by Crippen LogP contribution is 2.38. The molecule has 4 aromatic rings. The minimum atomic E-state index is -0.481. The molecule has 5 rings (SSSR count). The van der Waals surface area contributed by atoms with Crippen LogP contribution in [0.5, 0.6) is 0 Å². The molecule has 0 aliphatic carbocycles. The summed E-state index contributed by atoms with van der Waals surface area (Å²) in [5.74, 6) is 0.361. The van der Waals surface area contributed by atoms with Gasteiger partial charge in [0.1, 0.15) is 5.82 Å². The number of urea groups is 1. The number of benzene rings is 3. The van der Waals surface area contributed by atoms with Gasteiger partial charge in [-0.05, 0) is 42.3 Å². The van der Waals surface area contributed by atoms with Gasteiger partial charge in [-0.3, -0.25) is 4.90 Å². The first kappa shape index (κ1) is 21.9. The molecule has 34 heavy (non-hydrogen) atoms. The molecule has 1 unspecified atom stereocenters. The maximum Gasteiger partial charge on any atom is 0.322 e. The molecule has 170 valence electrons. The normalized spacial score (nSPS) is 16.0. The Balaban J connectivity index is 1.59. The number of nitrogens with zero attached hydrogens (tertiary/aromatic N) is 3. The fourth-order valence-electron chi connectivity index (χ4n) is 3.99. The van der Waals surface area contributed by atoms with Crippen molar-refractivity contribution in [1.82, 2.24) is 20.4 Å². The molecule has 8 heteroatoms. The Kier molecular flexibility index (Phi) is 5.86. The van der Waals surface area contributed by atoms with Crippen molar-refractivity contribution in [3.63, 3.8) is 0 Å². The average Bonchev–Trinajstić information content (AvgIpc) is 3.33. The number of hydrogen-bond acceptors (Lipinski definition) is 4. The number of halogens is 2. The van der Waals surface area contributed by atoms with Crippen molar-refractivity contribution in [1.29, 1.82) is 0 Å². The number of nitrogens with one attached hydrogen (secondary N) is 1. The molecular weight excluding hydrogens is 455 g/mol. The predicted octanol–water partition coefficient (Wildman–Crippen LogP) is 6.23. The Morgan fingerprint density at radius 3 is 2.56 bits per heavy atom. The van der Waals surface area contributed by atoms with Crippen molar-refractivity contribution >= 4 is 23.2 Å². The number of rotatable bonds is 5. The lowest BCUT2D eigenvalue weighted by Crippen LogP contribution is -2.45. The summed E-state index contributed by atoms with van der Waals surface area (Å²) in [5, 5.41) is 7.78. The molecule has 3 aromatic carbocycles. The Bertz CT molecular complexity index is 1370. The third-order valence-electron chi connectivity index (χ3n) is 5.72. The number of aromatic nitrogens is 2. The Morgan fingerprint density at radius 2 is 1.82 bits per heavy atom. The van der Waals surface area contributed by atoms with Crippen LogP contribution < -0.4 is 5.32 Å². The Labute approximate surface area is 200 Å². The van der Waals surface area contributed by atoms with Crippen LogP contribution in [0.4, 0.5) is 9.18 Å². The summed E-state index contributed by atoms with van der Waals surface area (Å²) in [6.45, 7) is 2.11. The van der Waals surface area contributed by atoms with E-state index in [1.165, 1.54) is 12.1 Å². The standard InChI is InChI=1S/C26H20ClFN4O2/c1-16-22(25-30-24(31-34-25)19-8-5-9-20(27)14-19)23(18-6-3-2-4-7-18)29-26(33)32(16)15-17-10-12-21(28)13-11-17/h2-14,23H,15H2,1H3,(H,29,33). The first-order chi connectivity index (χ1) is 16.5. The highest BCUT2D eigenvalue weighted by molar-refractivity contribution is 6.30. The van der Waals surface area contributed by atoms with Crippen molar-refractivity contribution < 1.29 is 13.7 Å². The smallest absolute Gasteiger partial charge is 0.322 e. The summed E-state index contributed by atoms with van der Waals surface area (Å²) in [5.41, 5.74) is 3.75. The summed E-state index contributed by atoms with van der Waals surface area (Å²) >= 11 is 6.13. The first-order valence-corrected chi connectivity index (χ1v) is 11.1. The van der Waals surface area contributed by atoms with E-state index < -0.39 is 6.04 Å². The Hall–Kier alpha value is -3.97. The molecule has 0 spiro atoms. The molecule has 1 aliphatic heterocycles. The van der Waals surface area contributed by atoms with Crippen LogP contribution in [0.3, 0.4) is 0 Å². The Morgan fingerprint density at radius 1 is 1.06 bits per heavy atom. The van der Waals surface area contributed by atoms with E-state index in [-0.39, 0.29) is 18.4 Å². The van der Waals surface area contributed by atoms with Gasteiger partial charge in [-0.25, -0.2) is 9.18 Å². The SMILES string of the molecule is CC1=C(c2nc(-c3cccc(Cl)c3)no2)C(c2ccccc2)NC(=O)N1Cc1ccc(F)cc1. The van der Waals surface area contributed by atoms with E-state index in [9.17, 15) is 9.18 Å². The number of allylic oxidation sites excluding steroid dienone is 1. The van der Waals surface area contributed by atoms with Crippen LogP contribution in [0.15, 0.2) is 89.1 Å². The molecule has 0 bridgehead atoms. The summed E-state index contributed by atoms with van der Waals surface area (Å²) in [6, 6.07) is 22.1. The number of hydrogen-bond donors (Lipinski definition) is 1. The molecule has 6 nitrogen and oxygen atoms in total. The lowest BCUT2D eigenvalue weighted by molar-refractivity contribution is 0.203. The van der Waals surface area contributed by atoms with Crippen LogP contribution in [0, 0.1) is 5.82 Å². The van der Waals surface area contributed by atoms with Gasteiger partial charge in [0.05, 0.1) is 18.2 Å². The zero-order valence-corrected chi connectivity index (χ0v) is 19.0. The number of amides is 2. The molecule has 2 amide bonds. The first-order valence-electron chi connectivity index (χ1n) is 10.7. The second-order valence-corrected chi connectivity index (χ2v) is 8.37. The fourth-order valence-corrected chi connectivity index (χ4v) is 4.18. The van der Waals surface area contributed by atoms with Crippen molar-refractivity contribution in [2.75, 3.05) is 0 Å². The summed E-state index contributed by atoms with van der Waals surface area (Å²) in [6.07, 6.45) is 0. The van der Waals surface area contributed by atoms with Gasteiger partial charge < -0.3 is 9.84 Å². The van der Waals surface area contributed by atoms with Crippen molar-refractivity contribution in [2.24, 2.45) is 0 Å². The molecule has 0 saturated carbocycles. The van der Waals surface area contributed by atoms with E-state index in [0.717, 1.165) is 16.7 Å². The minimum Gasteiger partial charge on any atom is -0.334 e. The molecule has 1 atom stereocenters. The zero-order valence-electron chi connectivity index (χ0n) is 18.2. The average molecular weight is 475 g/mol. The fraction of sp³-hybridized carbons (Fsp3) is 0.115. The lowest BCUT2D eigenvalue weighted by atomic mass is 9.94. The van der Waals surface area contributed by atoms with Crippen LogP contribution in [0.2, 0.25) is 5.02 Å².